The number of ketones is 1. The summed E-state index contributed by atoms with van der Waals surface area (Å²) in [6.45, 7) is 6.41. The molecule has 0 bridgehead atoms. The van der Waals surface area contributed by atoms with Crippen LogP contribution in [0.1, 0.15) is 15.9 Å². The van der Waals surface area contributed by atoms with Crippen LogP contribution >= 0.6 is 12.4 Å². The summed E-state index contributed by atoms with van der Waals surface area (Å²) in [6.07, 6.45) is 0. The molecule has 0 amide bonds. The van der Waals surface area contributed by atoms with Crippen molar-refractivity contribution in [1.82, 2.24) is 4.90 Å². The van der Waals surface area contributed by atoms with Gasteiger partial charge in [-0.2, -0.15) is 0 Å². The van der Waals surface area contributed by atoms with E-state index < -0.39 is 0 Å². The molecule has 1 aromatic rings. The van der Waals surface area contributed by atoms with Crippen molar-refractivity contribution in [2.75, 3.05) is 20.6 Å². The first kappa shape index (κ1) is 14.9. The monoisotopic (exact) mass is 239 g/mol. The van der Waals surface area contributed by atoms with E-state index in [4.69, 9.17) is 0 Å². The van der Waals surface area contributed by atoms with Gasteiger partial charge in [0.1, 0.15) is 0 Å². The molecule has 88 valence electrons. The summed E-state index contributed by atoms with van der Waals surface area (Å²) in [6, 6.07) is 7.57. The predicted molar refractivity (Wildman–Crippen MR) is 70.5 cm³/mol. The highest BCUT2D eigenvalue weighted by Crippen LogP contribution is 2.09. The Morgan fingerprint density at radius 3 is 2.19 bits per heavy atom. The average molecular weight is 240 g/mol. The maximum atomic E-state index is 11.9. The van der Waals surface area contributed by atoms with Crippen LogP contribution in [0.3, 0.4) is 0 Å². The zero-order valence-electron chi connectivity index (χ0n) is 9.99. The maximum absolute atomic E-state index is 11.9. The fourth-order valence-corrected chi connectivity index (χ4v) is 1.36. The van der Waals surface area contributed by atoms with Crippen LogP contribution in [0.25, 0.3) is 0 Å². The van der Waals surface area contributed by atoms with Gasteiger partial charge < -0.3 is 4.90 Å². The maximum Gasteiger partial charge on any atom is 0.189 e. The van der Waals surface area contributed by atoms with Gasteiger partial charge in [-0.25, -0.2) is 0 Å². The Labute approximate surface area is 103 Å². The van der Waals surface area contributed by atoms with Gasteiger partial charge in [0.15, 0.2) is 5.78 Å². The molecule has 0 heterocycles. The van der Waals surface area contributed by atoms with Crippen molar-refractivity contribution in [3.8, 4) is 0 Å². The summed E-state index contributed by atoms with van der Waals surface area (Å²) in [7, 11) is 3.85. The fraction of sp³-hybridized carbons (Fsp3) is 0.308. The molecular formula is C13H18ClNO. The number of benzene rings is 1. The van der Waals surface area contributed by atoms with Crippen LogP contribution in [-0.2, 0) is 0 Å². The van der Waals surface area contributed by atoms with E-state index in [-0.39, 0.29) is 18.2 Å². The molecule has 0 N–H and O–H groups in total. The van der Waals surface area contributed by atoms with Gasteiger partial charge in [0.25, 0.3) is 0 Å². The molecule has 0 atom stereocenters. The fourth-order valence-electron chi connectivity index (χ4n) is 1.36. The van der Waals surface area contributed by atoms with Crippen molar-refractivity contribution in [3.63, 3.8) is 0 Å². The lowest BCUT2D eigenvalue weighted by atomic mass is 10.0. The molecule has 0 aliphatic heterocycles. The van der Waals surface area contributed by atoms with Crippen LogP contribution in [0.15, 0.2) is 36.4 Å². The number of hydrogen-bond donors (Lipinski definition) is 0. The molecule has 0 aliphatic carbocycles. The van der Waals surface area contributed by atoms with Gasteiger partial charge >= 0.3 is 0 Å². The summed E-state index contributed by atoms with van der Waals surface area (Å²) in [5.41, 5.74) is 2.50. The van der Waals surface area contributed by atoms with Crippen molar-refractivity contribution < 1.29 is 4.79 Å². The Hall–Kier alpha value is -1.12. The van der Waals surface area contributed by atoms with Gasteiger partial charge in [0.2, 0.25) is 0 Å². The summed E-state index contributed by atoms with van der Waals surface area (Å²) in [5.74, 6) is 0.0312. The highest BCUT2D eigenvalue weighted by Gasteiger charge is 2.10. The summed E-state index contributed by atoms with van der Waals surface area (Å²) in [4.78, 5) is 13.8. The van der Waals surface area contributed by atoms with Gasteiger partial charge in [0, 0.05) is 17.7 Å². The third kappa shape index (κ3) is 4.17. The Kier molecular flexibility index (Phi) is 6.01. The molecule has 0 fully saturated rings. The molecular weight excluding hydrogens is 222 g/mol. The minimum absolute atomic E-state index is 0. The number of likely N-dealkylation sites (N-methyl/N-ethyl adjacent to an activating group) is 1. The van der Waals surface area contributed by atoms with Gasteiger partial charge in [-0.1, -0.05) is 36.4 Å². The summed E-state index contributed by atoms with van der Waals surface area (Å²) in [5, 5.41) is 0. The molecule has 1 aromatic carbocycles. The standard InChI is InChI=1S/C13H17NO.ClH/c1-10-5-7-12(8-6-10)13(15)11(2)9-14(3)4;/h5-8H,2,9H2,1,3-4H3;1H. The Bertz CT molecular complexity index is 368. The number of hydrogen-bond acceptors (Lipinski definition) is 2. The largest absolute Gasteiger partial charge is 0.305 e. The highest BCUT2D eigenvalue weighted by molar-refractivity contribution is 6.08. The Balaban J connectivity index is 0.00000225. The molecule has 0 aliphatic rings. The predicted octanol–water partition coefficient (Wildman–Crippen LogP) is 2.72. The van der Waals surface area contributed by atoms with Crippen LogP contribution in [0.4, 0.5) is 0 Å². The molecule has 0 spiro atoms. The number of aryl methyl sites for hydroxylation is 1. The van der Waals surface area contributed by atoms with Gasteiger partial charge in [0.05, 0.1) is 0 Å². The van der Waals surface area contributed by atoms with Crippen molar-refractivity contribution in [2.24, 2.45) is 0 Å². The molecule has 0 saturated carbocycles. The van der Waals surface area contributed by atoms with E-state index in [9.17, 15) is 4.79 Å². The van der Waals surface area contributed by atoms with E-state index in [1.54, 1.807) is 0 Å². The van der Waals surface area contributed by atoms with Crippen LogP contribution in [0, 0.1) is 6.92 Å². The molecule has 2 nitrogen and oxygen atoms in total. The van der Waals surface area contributed by atoms with E-state index in [2.05, 4.69) is 6.58 Å². The second-order valence-electron chi connectivity index (χ2n) is 4.04. The Morgan fingerprint density at radius 2 is 1.75 bits per heavy atom. The number of nitrogens with zero attached hydrogens (tertiary/aromatic N) is 1. The minimum atomic E-state index is 0. The van der Waals surface area contributed by atoms with Gasteiger partial charge in [-0.3, -0.25) is 4.79 Å². The van der Waals surface area contributed by atoms with Crippen LogP contribution < -0.4 is 0 Å². The first-order valence-electron chi connectivity index (χ1n) is 4.94. The molecule has 1 rings (SSSR count). The first-order valence-corrected chi connectivity index (χ1v) is 4.94. The molecule has 0 unspecified atom stereocenters. The SMILES string of the molecule is C=C(CN(C)C)C(=O)c1ccc(C)cc1.Cl. The van der Waals surface area contributed by atoms with Crippen molar-refractivity contribution >= 4 is 18.2 Å². The van der Waals surface area contributed by atoms with Crippen molar-refractivity contribution in [2.45, 2.75) is 6.92 Å². The third-order valence-corrected chi connectivity index (χ3v) is 2.14. The molecule has 16 heavy (non-hydrogen) atoms. The normalized spacial score (nSPS) is 9.75. The second-order valence-corrected chi connectivity index (χ2v) is 4.04. The number of halogens is 1. The lowest BCUT2D eigenvalue weighted by Crippen LogP contribution is -2.19. The smallest absolute Gasteiger partial charge is 0.189 e. The number of Topliss-reactive ketones (excluding diaryl/α,β-unsaturated/α-hetero) is 1. The average Bonchev–Trinajstić information content (AvgIpc) is 2.17. The minimum Gasteiger partial charge on any atom is -0.305 e. The number of rotatable bonds is 4. The Morgan fingerprint density at radius 1 is 1.25 bits per heavy atom. The molecule has 0 aromatic heterocycles. The lowest BCUT2D eigenvalue weighted by Gasteiger charge is -2.11. The van der Waals surface area contributed by atoms with E-state index in [1.165, 1.54) is 0 Å². The zero-order valence-corrected chi connectivity index (χ0v) is 10.8. The van der Waals surface area contributed by atoms with Crippen LogP contribution in [0.2, 0.25) is 0 Å². The zero-order chi connectivity index (χ0) is 11.4. The molecule has 3 heteroatoms. The highest BCUT2D eigenvalue weighted by atomic mass is 35.5. The third-order valence-electron chi connectivity index (χ3n) is 2.14. The number of carbonyl (C=O) groups is 1. The molecule has 0 saturated heterocycles. The van der Waals surface area contributed by atoms with E-state index in [1.807, 2.05) is 50.2 Å². The topological polar surface area (TPSA) is 20.3 Å². The van der Waals surface area contributed by atoms with Crippen LogP contribution in [0.5, 0.6) is 0 Å². The molecule has 0 radical (unpaired) electrons. The number of carbonyl (C=O) groups excluding carboxylic acids is 1. The second kappa shape index (κ2) is 6.46. The van der Waals surface area contributed by atoms with E-state index in [0.29, 0.717) is 17.7 Å². The van der Waals surface area contributed by atoms with E-state index >= 15 is 0 Å². The lowest BCUT2D eigenvalue weighted by molar-refractivity contribution is 0.102. The van der Waals surface area contributed by atoms with E-state index in [0.717, 1.165) is 5.56 Å². The van der Waals surface area contributed by atoms with Crippen molar-refractivity contribution in [3.05, 3.63) is 47.5 Å². The van der Waals surface area contributed by atoms with Crippen molar-refractivity contribution in [1.29, 1.82) is 0 Å². The van der Waals surface area contributed by atoms with Crippen LogP contribution in [-0.4, -0.2) is 31.3 Å². The quantitative estimate of drug-likeness (QED) is 0.595. The first-order chi connectivity index (χ1) is 7.00. The van der Waals surface area contributed by atoms with Gasteiger partial charge in [-0.15, -0.1) is 12.4 Å². The summed E-state index contributed by atoms with van der Waals surface area (Å²) < 4.78 is 0. The summed E-state index contributed by atoms with van der Waals surface area (Å²) >= 11 is 0. The van der Waals surface area contributed by atoms with Gasteiger partial charge in [-0.05, 0) is 21.0 Å².